The maximum absolute atomic E-state index is 12.4. The minimum Gasteiger partial charge on any atom is -0.454 e. The number of ether oxygens (including phenoxy) is 2. The molecule has 22 heavy (non-hydrogen) atoms. The highest BCUT2D eigenvalue weighted by atomic mass is 35.5. The lowest BCUT2D eigenvalue weighted by molar-refractivity contribution is 0.0923. The van der Waals surface area contributed by atoms with Crippen molar-refractivity contribution in [1.29, 1.82) is 0 Å². The first-order valence-corrected chi connectivity index (χ1v) is 7.73. The number of amides is 1. The third-order valence-corrected chi connectivity index (χ3v) is 4.78. The van der Waals surface area contributed by atoms with E-state index in [0.29, 0.717) is 34.2 Å². The summed E-state index contributed by atoms with van der Waals surface area (Å²) in [6, 6.07) is 4.67. The molecule has 0 aromatic heterocycles. The summed E-state index contributed by atoms with van der Waals surface area (Å²) in [5.41, 5.74) is 0.523. The third-order valence-electron chi connectivity index (χ3n) is 4.50. The highest BCUT2D eigenvalue weighted by molar-refractivity contribution is 6.32. The lowest BCUT2D eigenvalue weighted by Gasteiger charge is -2.29. The Morgan fingerprint density at radius 3 is 2.68 bits per heavy atom. The van der Waals surface area contributed by atoms with Crippen LogP contribution in [0.15, 0.2) is 12.1 Å². The molecule has 1 amide bonds. The Hall–Kier alpha value is -1.17. The van der Waals surface area contributed by atoms with Crippen molar-refractivity contribution in [3.8, 4) is 11.5 Å². The molecule has 2 bridgehead atoms. The maximum Gasteiger partial charge on any atom is 0.251 e. The first kappa shape index (κ1) is 15.7. The van der Waals surface area contributed by atoms with Crippen LogP contribution in [0.5, 0.6) is 11.5 Å². The molecule has 3 aliphatic rings. The number of hydrogen-bond acceptors (Lipinski definition) is 4. The lowest BCUT2D eigenvalue weighted by atomic mass is 9.99. The maximum atomic E-state index is 12.4. The number of halogens is 2. The smallest absolute Gasteiger partial charge is 0.251 e. The van der Waals surface area contributed by atoms with Crippen molar-refractivity contribution in [3.05, 3.63) is 22.7 Å². The molecule has 2 N–H and O–H groups in total. The van der Waals surface area contributed by atoms with Crippen molar-refractivity contribution in [2.24, 2.45) is 0 Å². The Kier molecular flexibility index (Phi) is 4.39. The van der Waals surface area contributed by atoms with Crippen LogP contribution >= 0.6 is 24.0 Å². The number of benzene rings is 1. The van der Waals surface area contributed by atoms with Gasteiger partial charge in [-0.2, -0.15) is 0 Å². The lowest BCUT2D eigenvalue weighted by Crippen LogP contribution is -2.48. The molecule has 1 aromatic carbocycles. The summed E-state index contributed by atoms with van der Waals surface area (Å²) in [5, 5.41) is 7.11. The van der Waals surface area contributed by atoms with Crippen LogP contribution in [0.4, 0.5) is 0 Å². The van der Waals surface area contributed by atoms with Gasteiger partial charge in [-0.1, -0.05) is 11.6 Å². The van der Waals surface area contributed by atoms with Gasteiger partial charge < -0.3 is 20.1 Å². The molecule has 120 valence electrons. The number of rotatable bonds is 2. The zero-order valence-corrected chi connectivity index (χ0v) is 13.5. The van der Waals surface area contributed by atoms with Gasteiger partial charge >= 0.3 is 0 Å². The van der Waals surface area contributed by atoms with Gasteiger partial charge in [0, 0.05) is 23.7 Å². The molecule has 5 nitrogen and oxygen atoms in total. The van der Waals surface area contributed by atoms with E-state index in [1.165, 1.54) is 12.8 Å². The van der Waals surface area contributed by atoms with E-state index in [1.54, 1.807) is 12.1 Å². The second-order valence-corrected chi connectivity index (χ2v) is 6.38. The van der Waals surface area contributed by atoms with Crippen LogP contribution in [-0.2, 0) is 0 Å². The average molecular weight is 345 g/mol. The highest BCUT2D eigenvalue weighted by Crippen LogP contribution is 2.39. The van der Waals surface area contributed by atoms with Crippen molar-refractivity contribution in [3.63, 3.8) is 0 Å². The van der Waals surface area contributed by atoms with Crippen molar-refractivity contribution in [2.75, 3.05) is 6.79 Å². The Morgan fingerprint density at radius 2 is 1.95 bits per heavy atom. The highest BCUT2D eigenvalue weighted by Gasteiger charge is 2.34. The second-order valence-electron chi connectivity index (χ2n) is 5.97. The molecule has 2 saturated heterocycles. The van der Waals surface area contributed by atoms with E-state index in [4.69, 9.17) is 21.1 Å². The predicted molar refractivity (Wildman–Crippen MR) is 85.3 cm³/mol. The van der Waals surface area contributed by atoms with Gasteiger partial charge in [0.15, 0.2) is 11.5 Å². The summed E-state index contributed by atoms with van der Waals surface area (Å²) >= 11 is 6.12. The van der Waals surface area contributed by atoms with E-state index in [-0.39, 0.29) is 31.1 Å². The topological polar surface area (TPSA) is 59.6 Å². The average Bonchev–Trinajstić information content (AvgIpc) is 3.05. The van der Waals surface area contributed by atoms with Crippen LogP contribution in [0.1, 0.15) is 36.0 Å². The molecule has 4 rings (SSSR count). The molecule has 2 fully saturated rings. The van der Waals surface area contributed by atoms with Crippen LogP contribution in [0, 0.1) is 0 Å². The van der Waals surface area contributed by atoms with Gasteiger partial charge in [0.05, 0.1) is 5.02 Å². The SMILES string of the molecule is Cl.O=C(NC1CC2CCC(C1)N2)c1cc(Cl)c2c(c1)OCO2. The third kappa shape index (κ3) is 2.85. The van der Waals surface area contributed by atoms with Crippen molar-refractivity contribution in [1.82, 2.24) is 10.6 Å². The predicted octanol–water partition coefficient (Wildman–Crippen LogP) is 2.50. The van der Waals surface area contributed by atoms with Crippen molar-refractivity contribution < 1.29 is 14.3 Å². The first-order chi connectivity index (χ1) is 10.2. The van der Waals surface area contributed by atoms with Gasteiger partial charge in [-0.05, 0) is 37.8 Å². The molecule has 3 aliphatic heterocycles. The van der Waals surface area contributed by atoms with Gasteiger partial charge in [0.2, 0.25) is 6.79 Å². The second kappa shape index (κ2) is 6.14. The van der Waals surface area contributed by atoms with Gasteiger partial charge in [-0.15, -0.1) is 12.4 Å². The molecule has 0 radical (unpaired) electrons. The quantitative estimate of drug-likeness (QED) is 0.865. The van der Waals surface area contributed by atoms with Gasteiger partial charge in [-0.25, -0.2) is 0 Å². The number of carbonyl (C=O) groups excluding carboxylic acids is 1. The Labute approximate surface area is 140 Å². The molecular formula is C15H18Cl2N2O3. The normalized spacial score (nSPS) is 28.1. The number of fused-ring (bicyclic) bond motifs is 3. The number of nitrogens with one attached hydrogen (secondary N) is 2. The fourth-order valence-electron chi connectivity index (χ4n) is 3.54. The minimum atomic E-state index is -0.0958. The molecular weight excluding hydrogens is 327 g/mol. The van der Waals surface area contributed by atoms with E-state index >= 15 is 0 Å². The number of carbonyl (C=O) groups is 1. The standard InChI is InChI=1S/C15H17ClN2O3.ClH/c16-12-3-8(4-13-14(12)21-7-20-13)15(19)18-11-5-9-1-2-10(6-11)17-9;/h3-4,9-11,17H,1-2,5-7H2,(H,18,19);1H. The van der Waals surface area contributed by atoms with E-state index in [1.807, 2.05) is 0 Å². The summed E-state index contributed by atoms with van der Waals surface area (Å²) in [4.78, 5) is 12.4. The van der Waals surface area contributed by atoms with Crippen molar-refractivity contribution >= 4 is 29.9 Å². The number of hydrogen-bond donors (Lipinski definition) is 2. The molecule has 0 saturated carbocycles. The van der Waals surface area contributed by atoms with Crippen LogP contribution < -0.4 is 20.1 Å². The van der Waals surface area contributed by atoms with E-state index in [2.05, 4.69) is 10.6 Å². The Balaban J connectivity index is 0.00000144. The summed E-state index contributed by atoms with van der Waals surface area (Å²) in [6.45, 7) is 0.151. The van der Waals surface area contributed by atoms with Crippen LogP contribution in [-0.4, -0.2) is 30.8 Å². The molecule has 2 unspecified atom stereocenters. The van der Waals surface area contributed by atoms with E-state index in [9.17, 15) is 4.79 Å². The first-order valence-electron chi connectivity index (χ1n) is 7.35. The van der Waals surface area contributed by atoms with Crippen LogP contribution in [0.3, 0.4) is 0 Å². The largest absolute Gasteiger partial charge is 0.454 e. The zero-order chi connectivity index (χ0) is 14.4. The molecule has 2 atom stereocenters. The van der Waals surface area contributed by atoms with Crippen LogP contribution in [0.2, 0.25) is 5.02 Å². The zero-order valence-electron chi connectivity index (χ0n) is 11.9. The minimum absolute atomic E-state index is 0. The van der Waals surface area contributed by atoms with Gasteiger partial charge in [0.1, 0.15) is 0 Å². The summed E-state index contributed by atoms with van der Waals surface area (Å²) in [6.07, 6.45) is 4.43. The molecule has 0 spiro atoms. The summed E-state index contributed by atoms with van der Waals surface area (Å²) in [5.74, 6) is 0.965. The molecule has 3 heterocycles. The van der Waals surface area contributed by atoms with Crippen LogP contribution in [0.25, 0.3) is 0 Å². The van der Waals surface area contributed by atoms with Gasteiger partial charge in [0.25, 0.3) is 5.91 Å². The van der Waals surface area contributed by atoms with E-state index < -0.39 is 0 Å². The molecule has 1 aromatic rings. The Morgan fingerprint density at radius 1 is 1.23 bits per heavy atom. The van der Waals surface area contributed by atoms with E-state index in [0.717, 1.165) is 12.8 Å². The van der Waals surface area contributed by atoms with Gasteiger partial charge in [-0.3, -0.25) is 4.79 Å². The summed E-state index contributed by atoms with van der Waals surface area (Å²) in [7, 11) is 0. The fourth-order valence-corrected chi connectivity index (χ4v) is 3.81. The Bertz CT molecular complexity index is 584. The summed E-state index contributed by atoms with van der Waals surface area (Å²) < 4.78 is 10.6. The molecule has 0 aliphatic carbocycles. The van der Waals surface area contributed by atoms with Crippen molar-refractivity contribution in [2.45, 2.75) is 43.8 Å². The monoisotopic (exact) mass is 344 g/mol. The fraction of sp³-hybridized carbons (Fsp3) is 0.533. The number of piperidine rings is 1. The molecule has 7 heteroatoms.